The van der Waals surface area contributed by atoms with Crippen LogP contribution in [0.5, 0.6) is 0 Å². The SMILES string of the molecule is NC(=O)c1nc(NCc2ccccc2)c2nc[nH]c2n1. The van der Waals surface area contributed by atoms with E-state index in [-0.39, 0.29) is 5.82 Å². The molecule has 0 aliphatic carbocycles. The van der Waals surface area contributed by atoms with Crippen LogP contribution in [0.1, 0.15) is 16.2 Å². The van der Waals surface area contributed by atoms with Crippen LogP contribution in [0.3, 0.4) is 0 Å². The number of hydrogen-bond acceptors (Lipinski definition) is 5. The van der Waals surface area contributed by atoms with E-state index in [9.17, 15) is 4.79 Å². The van der Waals surface area contributed by atoms with E-state index < -0.39 is 5.91 Å². The van der Waals surface area contributed by atoms with E-state index in [0.29, 0.717) is 23.5 Å². The molecule has 0 saturated heterocycles. The van der Waals surface area contributed by atoms with Gasteiger partial charge < -0.3 is 16.0 Å². The molecule has 7 nitrogen and oxygen atoms in total. The van der Waals surface area contributed by atoms with Crippen molar-refractivity contribution in [1.29, 1.82) is 0 Å². The second kappa shape index (κ2) is 4.96. The van der Waals surface area contributed by atoms with Gasteiger partial charge in [0.05, 0.1) is 6.33 Å². The van der Waals surface area contributed by atoms with Gasteiger partial charge in [-0.25, -0.2) is 15.0 Å². The molecule has 1 aromatic carbocycles. The maximum atomic E-state index is 11.2. The number of carbonyl (C=O) groups is 1. The van der Waals surface area contributed by atoms with Crippen LogP contribution in [-0.2, 0) is 6.54 Å². The van der Waals surface area contributed by atoms with Gasteiger partial charge in [0.25, 0.3) is 5.91 Å². The zero-order chi connectivity index (χ0) is 13.9. The Hall–Kier alpha value is -2.96. The summed E-state index contributed by atoms with van der Waals surface area (Å²) in [5.41, 5.74) is 7.37. The van der Waals surface area contributed by atoms with Crippen molar-refractivity contribution in [1.82, 2.24) is 19.9 Å². The van der Waals surface area contributed by atoms with Crippen molar-refractivity contribution in [2.45, 2.75) is 6.54 Å². The zero-order valence-corrected chi connectivity index (χ0v) is 10.5. The molecule has 7 heteroatoms. The topological polar surface area (TPSA) is 110 Å². The Morgan fingerprint density at radius 2 is 2.05 bits per heavy atom. The minimum absolute atomic E-state index is 0.0442. The highest BCUT2D eigenvalue weighted by molar-refractivity contribution is 5.93. The Kier molecular flexibility index (Phi) is 3.00. The smallest absolute Gasteiger partial charge is 0.286 e. The molecule has 20 heavy (non-hydrogen) atoms. The first-order valence-corrected chi connectivity index (χ1v) is 6.03. The third-order valence-corrected chi connectivity index (χ3v) is 2.80. The van der Waals surface area contributed by atoms with Crippen molar-refractivity contribution >= 4 is 22.9 Å². The number of amides is 1. The molecule has 0 aliphatic rings. The maximum Gasteiger partial charge on any atom is 0.286 e. The molecular weight excluding hydrogens is 256 g/mol. The number of aromatic amines is 1. The first-order valence-electron chi connectivity index (χ1n) is 6.03. The zero-order valence-electron chi connectivity index (χ0n) is 10.5. The van der Waals surface area contributed by atoms with Gasteiger partial charge in [-0.1, -0.05) is 30.3 Å². The lowest BCUT2D eigenvalue weighted by Gasteiger charge is -2.07. The summed E-state index contributed by atoms with van der Waals surface area (Å²) in [6, 6.07) is 9.84. The Morgan fingerprint density at radius 3 is 2.80 bits per heavy atom. The fraction of sp³-hybridized carbons (Fsp3) is 0.0769. The minimum atomic E-state index is -0.677. The molecule has 0 aliphatic heterocycles. The van der Waals surface area contributed by atoms with Crippen LogP contribution in [-0.4, -0.2) is 25.8 Å². The minimum Gasteiger partial charge on any atom is -0.364 e. The van der Waals surface area contributed by atoms with Gasteiger partial charge in [0.2, 0.25) is 5.82 Å². The number of aromatic nitrogens is 4. The summed E-state index contributed by atoms with van der Waals surface area (Å²) in [7, 11) is 0. The third kappa shape index (κ3) is 2.28. The molecule has 4 N–H and O–H groups in total. The summed E-state index contributed by atoms with van der Waals surface area (Å²) in [5.74, 6) is -0.240. The number of primary amides is 1. The number of anilines is 1. The number of nitrogens with two attached hydrogens (primary N) is 1. The highest BCUT2D eigenvalue weighted by Crippen LogP contribution is 2.17. The third-order valence-electron chi connectivity index (χ3n) is 2.80. The molecule has 0 unspecified atom stereocenters. The number of hydrogen-bond donors (Lipinski definition) is 3. The summed E-state index contributed by atoms with van der Waals surface area (Å²) < 4.78 is 0. The van der Waals surface area contributed by atoms with Crippen molar-refractivity contribution in [3.63, 3.8) is 0 Å². The molecule has 0 spiro atoms. The van der Waals surface area contributed by atoms with Crippen molar-refractivity contribution in [2.24, 2.45) is 5.73 Å². The van der Waals surface area contributed by atoms with Gasteiger partial charge in [-0.15, -0.1) is 0 Å². The number of fused-ring (bicyclic) bond motifs is 1. The number of carbonyl (C=O) groups excluding carboxylic acids is 1. The van der Waals surface area contributed by atoms with Crippen LogP contribution in [0.15, 0.2) is 36.7 Å². The summed E-state index contributed by atoms with van der Waals surface area (Å²) in [6.45, 7) is 0.567. The normalized spacial score (nSPS) is 10.6. The maximum absolute atomic E-state index is 11.2. The molecule has 0 saturated carbocycles. The van der Waals surface area contributed by atoms with E-state index in [1.807, 2.05) is 30.3 Å². The first kappa shape index (κ1) is 12.1. The largest absolute Gasteiger partial charge is 0.364 e. The molecule has 1 amide bonds. The van der Waals surface area contributed by atoms with E-state index in [1.54, 1.807) is 0 Å². The number of H-pyrrole nitrogens is 1. The molecule has 0 radical (unpaired) electrons. The molecule has 2 aromatic heterocycles. The van der Waals surface area contributed by atoms with E-state index in [1.165, 1.54) is 6.33 Å². The molecule has 3 rings (SSSR count). The molecule has 0 atom stereocenters. The van der Waals surface area contributed by atoms with Crippen LogP contribution in [0.2, 0.25) is 0 Å². The standard InChI is InChI=1S/C13H12N6O/c14-10(20)13-18-11(9-12(19-13)17-7-16-9)15-6-8-4-2-1-3-5-8/h1-5,7H,6H2,(H2,14,20)(H2,15,16,17,18,19). The lowest BCUT2D eigenvalue weighted by Crippen LogP contribution is -2.16. The second-order valence-electron chi connectivity index (χ2n) is 4.20. The Bertz CT molecular complexity index is 752. The van der Waals surface area contributed by atoms with Crippen LogP contribution < -0.4 is 11.1 Å². The predicted octanol–water partition coefficient (Wildman–Crippen LogP) is 1.06. The quantitative estimate of drug-likeness (QED) is 0.655. The van der Waals surface area contributed by atoms with Gasteiger partial charge in [0.15, 0.2) is 11.5 Å². The van der Waals surface area contributed by atoms with Gasteiger partial charge in [0.1, 0.15) is 5.52 Å². The summed E-state index contributed by atoms with van der Waals surface area (Å²) in [4.78, 5) is 26.3. The highest BCUT2D eigenvalue weighted by atomic mass is 16.1. The Balaban J connectivity index is 1.93. The summed E-state index contributed by atoms with van der Waals surface area (Å²) in [6.07, 6.45) is 1.50. The van der Waals surface area contributed by atoms with Crippen LogP contribution in [0.4, 0.5) is 5.82 Å². The number of nitrogens with one attached hydrogen (secondary N) is 2. The molecule has 2 heterocycles. The molecule has 0 bridgehead atoms. The first-order chi connectivity index (χ1) is 9.74. The van der Waals surface area contributed by atoms with Gasteiger partial charge in [-0.2, -0.15) is 0 Å². The lowest BCUT2D eigenvalue weighted by molar-refractivity contribution is 0.0991. The van der Waals surface area contributed by atoms with Crippen molar-refractivity contribution in [3.05, 3.63) is 48.0 Å². The van der Waals surface area contributed by atoms with Crippen LogP contribution in [0.25, 0.3) is 11.2 Å². The number of imidazole rings is 1. The fourth-order valence-corrected chi connectivity index (χ4v) is 1.85. The highest BCUT2D eigenvalue weighted by Gasteiger charge is 2.13. The Labute approximate surface area is 114 Å². The lowest BCUT2D eigenvalue weighted by atomic mass is 10.2. The van der Waals surface area contributed by atoms with Crippen molar-refractivity contribution in [3.8, 4) is 0 Å². The molecule has 0 fully saturated rings. The van der Waals surface area contributed by atoms with E-state index in [0.717, 1.165) is 5.56 Å². The summed E-state index contributed by atoms with van der Waals surface area (Å²) >= 11 is 0. The molecule has 3 aromatic rings. The Morgan fingerprint density at radius 1 is 1.25 bits per heavy atom. The molecule has 100 valence electrons. The number of rotatable bonds is 4. The predicted molar refractivity (Wildman–Crippen MR) is 74.0 cm³/mol. The van der Waals surface area contributed by atoms with Gasteiger partial charge in [-0.3, -0.25) is 4.79 Å². The van der Waals surface area contributed by atoms with E-state index >= 15 is 0 Å². The van der Waals surface area contributed by atoms with Crippen molar-refractivity contribution < 1.29 is 4.79 Å². The van der Waals surface area contributed by atoms with Crippen LogP contribution in [0, 0.1) is 0 Å². The monoisotopic (exact) mass is 268 g/mol. The molecular formula is C13H12N6O. The average molecular weight is 268 g/mol. The van der Waals surface area contributed by atoms with E-state index in [4.69, 9.17) is 5.73 Å². The van der Waals surface area contributed by atoms with Gasteiger partial charge in [0, 0.05) is 6.54 Å². The van der Waals surface area contributed by atoms with Gasteiger partial charge in [-0.05, 0) is 5.56 Å². The number of benzene rings is 1. The van der Waals surface area contributed by atoms with Gasteiger partial charge >= 0.3 is 0 Å². The van der Waals surface area contributed by atoms with Crippen LogP contribution >= 0.6 is 0 Å². The average Bonchev–Trinajstić information content (AvgIpc) is 2.94. The fourth-order valence-electron chi connectivity index (χ4n) is 1.85. The van der Waals surface area contributed by atoms with E-state index in [2.05, 4.69) is 25.3 Å². The second-order valence-corrected chi connectivity index (χ2v) is 4.20. The summed E-state index contributed by atoms with van der Waals surface area (Å²) in [5, 5.41) is 3.14. The number of nitrogens with zero attached hydrogens (tertiary/aromatic N) is 3. The van der Waals surface area contributed by atoms with Crippen molar-refractivity contribution in [2.75, 3.05) is 5.32 Å².